The van der Waals surface area contributed by atoms with Crippen molar-refractivity contribution in [2.75, 3.05) is 20.4 Å². The van der Waals surface area contributed by atoms with E-state index in [2.05, 4.69) is 0 Å². The van der Waals surface area contributed by atoms with E-state index in [4.69, 9.17) is 4.74 Å². The summed E-state index contributed by atoms with van der Waals surface area (Å²) < 4.78 is 28.7. The lowest BCUT2D eigenvalue weighted by Crippen LogP contribution is -2.31. The topological polar surface area (TPSA) is 80.8 Å². The Morgan fingerprint density at radius 2 is 1.64 bits per heavy atom. The summed E-state index contributed by atoms with van der Waals surface area (Å²) in [5.41, 5.74) is 0.601. The van der Waals surface area contributed by atoms with E-state index in [1.165, 1.54) is 29.2 Å². The van der Waals surface area contributed by atoms with Crippen LogP contribution < -0.4 is 0 Å². The molecule has 0 aliphatic heterocycles. The van der Waals surface area contributed by atoms with E-state index in [0.29, 0.717) is 5.56 Å². The number of hydrogen-bond acceptors (Lipinski definition) is 5. The third kappa shape index (κ3) is 4.67. The molecule has 0 aromatic heterocycles. The molecule has 25 heavy (non-hydrogen) atoms. The summed E-state index contributed by atoms with van der Waals surface area (Å²) in [4.78, 5) is 26.2. The summed E-state index contributed by atoms with van der Waals surface area (Å²) in [7, 11) is -0.320. The molecule has 132 valence electrons. The standard InChI is InChI=1S/C18H19NO5S/c1-19(2)17(20)16(13-8-5-4-6-9-13)24-18(21)14-10-7-11-15(12-14)25(3,22)23/h4-12,16H,1-3H3. The summed E-state index contributed by atoms with van der Waals surface area (Å²) in [5, 5.41) is 0. The Morgan fingerprint density at radius 1 is 1.00 bits per heavy atom. The molecule has 1 atom stereocenters. The number of sulfone groups is 1. The third-order valence-corrected chi connectivity index (χ3v) is 4.60. The van der Waals surface area contributed by atoms with Gasteiger partial charge in [0.25, 0.3) is 5.91 Å². The zero-order chi connectivity index (χ0) is 18.6. The number of esters is 1. The van der Waals surface area contributed by atoms with Crippen LogP contribution in [-0.2, 0) is 19.4 Å². The molecule has 6 nitrogen and oxygen atoms in total. The van der Waals surface area contributed by atoms with Crippen LogP contribution in [0.4, 0.5) is 0 Å². The van der Waals surface area contributed by atoms with Crippen LogP contribution in [0.1, 0.15) is 22.0 Å². The van der Waals surface area contributed by atoms with Crippen molar-refractivity contribution in [2.45, 2.75) is 11.0 Å². The zero-order valence-corrected chi connectivity index (χ0v) is 15.0. The van der Waals surface area contributed by atoms with Crippen molar-refractivity contribution in [1.82, 2.24) is 4.90 Å². The molecule has 2 rings (SSSR count). The van der Waals surface area contributed by atoms with Gasteiger partial charge in [-0.05, 0) is 18.2 Å². The molecule has 0 fully saturated rings. The second-order valence-electron chi connectivity index (χ2n) is 5.73. The fraction of sp³-hybridized carbons (Fsp3) is 0.222. The van der Waals surface area contributed by atoms with Gasteiger partial charge >= 0.3 is 5.97 Å². The summed E-state index contributed by atoms with van der Waals surface area (Å²) in [6.07, 6.45) is -0.0506. The van der Waals surface area contributed by atoms with Gasteiger partial charge in [0, 0.05) is 25.9 Å². The molecule has 0 heterocycles. The Balaban J connectivity index is 2.33. The first-order valence-corrected chi connectivity index (χ1v) is 9.36. The normalized spacial score (nSPS) is 12.3. The van der Waals surface area contributed by atoms with Crippen LogP contribution in [0, 0.1) is 0 Å². The van der Waals surface area contributed by atoms with E-state index in [1.807, 2.05) is 0 Å². The predicted molar refractivity (Wildman–Crippen MR) is 92.8 cm³/mol. The van der Waals surface area contributed by atoms with Crippen molar-refractivity contribution in [3.63, 3.8) is 0 Å². The summed E-state index contributed by atoms with van der Waals surface area (Å²) in [6.45, 7) is 0. The molecule has 0 saturated heterocycles. The largest absolute Gasteiger partial charge is 0.444 e. The molecule has 7 heteroatoms. The van der Waals surface area contributed by atoms with Crippen LogP contribution in [0.2, 0.25) is 0 Å². The third-order valence-electron chi connectivity index (χ3n) is 3.49. The molecule has 0 radical (unpaired) electrons. The number of amides is 1. The average molecular weight is 361 g/mol. The van der Waals surface area contributed by atoms with Crippen molar-refractivity contribution >= 4 is 21.7 Å². The maximum Gasteiger partial charge on any atom is 0.339 e. The molecular weight excluding hydrogens is 342 g/mol. The zero-order valence-electron chi connectivity index (χ0n) is 14.2. The van der Waals surface area contributed by atoms with E-state index in [9.17, 15) is 18.0 Å². The van der Waals surface area contributed by atoms with E-state index < -0.39 is 21.9 Å². The molecule has 1 unspecified atom stereocenters. The summed E-state index contributed by atoms with van der Waals surface area (Å²) in [5.74, 6) is -1.16. The number of carbonyl (C=O) groups is 2. The number of rotatable bonds is 5. The molecule has 0 saturated carbocycles. The number of benzene rings is 2. The van der Waals surface area contributed by atoms with Gasteiger partial charge in [0.05, 0.1) is 10.5 Å². The lowest BCUT2D eigenvalue weighted by atomic mass is 10.1. The van der Waals surface area contributed by atoms with Crippen LogP contribution in [0.15, 0.2) is 59.5 Å². The summed E-state index contributed by atoms with van der Waals surface area (Å²) in [6, 6.07) is 14.2. The Kier molecular flexibility index (Phi) is 5.58. The van der Waals surface area contributed by atoms with E-state index in [1.54, 1.807) is 44.4 Å². The van der Waals surface area contributed by atoms with Gasteiger partial charge in [-0.15, -0.1) is 0 Å². The highest BCUT2D eigenvalue weighted by atomic mass is 32.2. The smallest absolute Gasteiger partial charge is 0.339 e. The minimum absolute atomic E-state index is 0.0112. The average Bonchev–Trinajstić information content (AvgIpc) is 2.59. The first-order chi connectivity index (χ1) is 11.7. The van der Waals surface area contributed by atoms with Gasteiger partial charge < -0.3 is 9.64 Å². The quantitative estimate of drug-likeness (QED) is 0.762. The molecular formula is C18H19NO5S. The van der Waals surface area contributed by atoms with Gasteiger partial charge in [-0.25, -0.2) is 13.2 Å². The first-order valence-electron chi connectivity index (χ1n) is 7.47. The minimum Gasteiger partial charge on any atom is -0.444 e. The highest BCUT2D eigenvalue weighted by Gasteiger charge is 2.27. The maximum atomic E-state index is 12.4. The lowest BCUT2D eigenvalue weighted by molar-refractivity contribution is -0.138. The number of ether oxygens (including phenoxy) is 1. The number of hydrogen-bond donors (Lipinski definition) is 0. The van der Waals surface area contributed by atoms with Gasteiger partial charge in [-0.2, -0.15) is 0 Å². The predicted octanol–water partition coefficient (Wildman–Crippen LogP) is 2.08. The first kappa shape index (κ1) is 18.7. The highest BCUT2D eigenvalue weighted by Crippen LogP contribution is 2.22. The van der Waals surface area contributed by atoms with E-state index >= 15 is 0 Å². The second kappa shape index (κ2) is 7.48. The van der Waals surface area contributed by atoms with Crippen molar-refractivity contribution < 1.29 is 22.7 Å². The minimum atomic E-state index is -3.45. The molecule has 0 bridgehead atoms. The number of nitrogens with zero attached hydrogens (tertiary/aromatic N) is 1. The van der Waals surface area contributed by atoms with Crippen molar-refractivity contribution in [2.24, 2.45) is 0 Å². The van der Waals surface area contributed by atoms with Gasteiger partial charge in [0.2, 0.25) is 6.10 Å². The SMILES string of the molecule is CN(C)C(=O)C(OC(=O)c1cccc(S(C)(=O)=O)c1)c1ccccc1. The maximum absolute atomic E-state index is 12.4. The van der Waals surface area contributed by atoms with Crippen LogP contribution >= 0.6 is 0 Å². The molecule has 0 spiro atoms. The van der Waals surface area contributed by atoms with Gasteiger partial charge in [0.1, 0.15) is 0 Å². The molecule has 2 aromatic carbocycles. The lowest BCUT2D eigenvalue weighted by Gasteiger charge is -2.21. The van der Waals surface area contributed by atoms with Crippen molar-refractivity contribution in [1.29, 1.82) is 0 Å². The van der Waals surface area contributed by atoms with Crippen molar-refractivity contribution in [3.05, 3.63) is 65.7 Å². The van der Waals surface area contributed by atoms with Gasteiger partial charge in [-0.1, -0.05) is 36.4 Å². The Morgan fingerprint density at radius 3 is 2.20 bits per heavy atom. The van der Waals surface area contributed by atoms with Gasteiger partial charge in [-0.3, -0.25) is 4.79 Å². The Labute approximate surface area is 146 Å². The second-order valence-corrected chi connectivity index (χ2v) is 7.74. The monoisotopic (exact) mass is 361 g/mol. The van der Waals surface area contributed by atoms with Crippen LogP contribution in [0.3, 0.4) is 0 Å². The van der Waals surface area contributed by atoms with Crippen molar-refractivity contribution in [3.8, 4) is 0 Å². The van der Waals surface area contributed by atoms with Crippen LogP contribution in [0.25, 0.3) is 0 Å². The summed E-state index contributed by atoms with van der Waals surface area (Å²) >= 11 is 0. The molecule has 0 aliphatic rings. The van der Waals surface area contributed by atoms with Gasteiger partial charge in [0.15, 0.2) is 9.84 Å². The fourth-order valence-electron chi connectivity index (χ4n) is 2.15. The molecule has 0 aliphatic carbocycles. The molecule has 1 amide bonds. The Hall–Kier alpha value is -2.67. The Bertz CT molecular complexity index is 875. The molecule has 0 N–H and O–H groups in total. The van der Waals surface area contributed by atoms with E-state index in [-0.39, 0.29) is 16.4 Å². The van der Waals surface area contributed by atoms with E-state index in [0.717, 1.165) is 6.26 Å². The van der Waals surface area contributed by atoms with Crippen LogP contribution in [0.5, 0.6) is 0 Å². The van der Waals surface area contributed by atoms with Crippen LogP contribution in [-0.4, -0.2) is 45.5 Å². The molecule has 2 aromatic rings. The fourth-order valence-corrected chi connectivity index (χ4v) is 2.82. The number of carbonyl (C=O) groups excluding carboxylic acids is 2. The number of likely N-dealkylation sites (N-methyl/N-ethyl adjacent to an activating group) is 1. The highest BCUT2D eigenvalue weighted by molar-refractivity contribution is 7.90.